The summed E-state index contributed by atoms with van der Waals surface area (Å²) in [6.07, 6.45) is 1.73. The minimum absolute atomic E-state index is 0.395. The fourth-order valence-electron chi connectivity index (χ4n) is 2.85. The van der Waals surface area contributed by atoms with Crippen LogP contribution in [0.25, 0.3) is 16.9 Å². The zero-order valence-corrected chi connectivity index (χ0v) is 14.3. The minimum Gasteiger partial charge on any atom is -0.366 e. The van der Waals surface area contributed by atoms with Crippen LogP contribution in [0.4, 0.5) is 5.82 Å². The van der Waals surface area contributed by atoms with Gasteiger partial charge in [-0.3, -0.25) is 10.0 Å². The van der Waals surface area contributed by atoms with Crippen LogP contribution in [0.15, 0.2) is 72.9 Å². The Kier molecular flexibility index (Phi) is 4.51. The molecule has 0 radical (unpaired) electrons. The number of nitrogens with one attached hydrogen (secondary N) is 2. The van der Waals surface area contributed by atoms with Crippen LogP contribution in [-0.2, 0) is 6.54 Å². The van der Waals surface area contributed by atoms with Gasteiger partial charge in [0.25, 0.3) is 5.91 Å². The quantitative estimate of drug-likeness (QED) is 0.376. The molecule has 4 aromatic rings. The normalized spacial score (nSPS) is 10.7. The van der Waals surface area contributed by atoms with Crippen molar-refractivity contribution in [2.45, 2.75) is 6.54 Å². The van der Waals surface area contributed by atoms with E-state index in [4.69, 9.17) is 5.21 Å². The first-order valence-electron chi connectivity index (χ1n) is 8.42. The molecule has 27 heavy (non-hydrogen) atoms. The molecule has 134 valence electrons. The van der Waals surface area contributed by atoms with Gasteiger partial charge in [-0.2, -0.15) is 5.10 Å². The van der Waals surface area contributed by atoms with Crippen molar-refractivity contribution < 1.29 is 10.0 Å². The number of hydroxylamine groups is 1. The molecule has 7 nitrogen and oxygen atoms in total. The van der Waals surface area contributed by atoms with Crippen molar-refractivity contribution >= 4 is 17.4 Å². The van der Waals surface area contributed by atoms with Crippen LogP contribution in [-0.4, -0.2) is 25.7 Å². The van der Waals surface area contributed by atoms with Gasteiger partial charge in [0.1, 0.15) is 5.82 Å². The molecule has 7 heteroatoms. The molecule has 0 unspecified atom stereocenters. The van der Waals surface area contributed by atoms with E-state index in [1.165, 1.54) is 0 Å². The number of nitrogens with zero attached hydrogens (tertiary/aromatic N) is 3. The Morgan fingerprint density at radius 1 is 1.04 bits per heavy atom. The van der Waals surface area contributed by atoms with Gasteiger partial charge in [0.2, 0.25) is 0 Å². The molecule has 0 aliphatic rings. The number of hydrogen-bond acceptors (Lipinski definition) is 5. The monoisotopic (exact) mass is 359 g/mol. The first kappa shape index (κ1) is 16.7. The second-order valence-electron chi connectivity index (χ2n) is 5.99. The Hall–Kier alpha value is -3.71. The number of rotatable bonds is 5. The molecule has 0 saturated heterocycles. The summed E-state index contributed by atoms with van der Waals surface area (Å²) in [6, 6.07) is 20.8. The van der Waals surface area contributed by atoms with Gasteiger partial charge < -0.3 is 5.32 Å². The highest BCUT2D eigenvalue weighted by molar-refractivity contribution is 5.93. The number of carbonyl (C=O) groups excluding carboxylic acids is 1. The molecule has 0 atom stereocenters. The third-order valence-electron chi connectivity index (χ3n) is 4.22. The summed E-state index contributed by atoms with van der Waals surface area (Å²) in [7, 11) is 0. The Morgan fingerprint density at radius 2 is 1.81 bits per heavy atom. The summed E-state index contributed by atoms with van der Waals surface area (Å²) < 4.78 is 1.81. The average molecular weight is 359 g/mol. The lowest BCUT2D eigenvalue weighted by atomic mass is 10.1. The summed E-state index contributed by atoms with van der Waals surface area (Å²) in [5, 5.41) is 16.3. The third-order valence-corrected chi connectivity index (χ3v) is 4.22. The van der Waals surface area contributed by atoms with Crippen LogP contribution in [0, 0.1) is 0 Å². The number of amides is 1. The molecular weight excluding hydrogens is 342 g/mol. The number of anilines is 1. The Morgan fingerprint density at radius 3 is 2.56 bits per heavy atom. The van der Waals surface area contributed by atoms with Crippen LogP contribution in [0.2, 0.25) is 0 Å². The zero-order chi connectivity index (χ0) is 18.6. The molecular formula is C20H17N5O2. The number of hydrogen-bond donors (Lipinski definition) is 3. The molecule has 0 aliphatic carbocycles. The predicted octanol–water partition coefficient (Wildman–Crippen LogP) is 3.13. The summed E-state index contributed by atoms with van der Waals surface area (Å²) in [5.74, 6) is 0.203. The lowest BCUT2D eigenvalue weighted by Crippen LogP contribution is -2.18. The van der Waals surface area contributed by atoms with Crippen molar-refractivity contribution in [3.8, 4) is 11.3 Å². The largest absolute Gasteiger partial charge is 0.366 e. The van der Waals surface area contributed by atoms with Crippen LogP contribution in [0.1, 0.15) is 15.9 Å². The molecule has 2 aromatic heterocycles. The number of benzene rings is 2. The van der Waals surface area contributed by atoms with Crippen molar-refractivity contribution in [3.05, 3.63) is 84.1 Å². The Balaban J connectivity index is 1.58. The highest BCUT2D eigenvalue weighted by Crippen LogP contribution is 2.23. The van der Waals surface area contributed by atoms with Gasteiger partial charge in [-0.15, -0.1) is 0 Å². The second-order valence-corrected chi connectivity index (χ2v) is 5.99. The van der Waals surface area contributed by atoms with Crippen molar-refractivity contribution in [2.24, 2.45) is 0 Å². The van der Waals surface area contributed by atoms with Crippen LogP contribution < -0.4 is 10.8 Å². The van der Waals surface area contributed by atoms with Gasteiger partial charge in [-0.25, -0.2) is 15.0 Å². The van der Waals surface area contributed by atoms with Gasteiger partial charge in [-0.1, -0.05) is 42.5 Å². The summed E-state index contributed by atoms with van der Waals surface area (Å²) in [4.78, 5) is 16.0. The van der Waals surface area contributed by atoms with Gasteiger partial charge in [-0.05, 0) is 17.7 Å². The van der Waals surface area contributed by atoms with E-state index >= 15 is 0 Å². The molecule has 0 saturated carbocycles. The van der Waals surface area contributed by atoms with Crippen molar-refractivity contribution in [3.63, 3.8) is 0 Å². The van der Waals surface area contributed by atoms with Gasteiger partial charge in [0.15, 0.2) is 5.65 Å². The fourth-order valence-corrected chi connectivity index (χ4v) is 2.85. The third kappa shape index (κ3) is 3.49. The van der Waals surface area contributed by atoms with E-state index in [1.807, 2.05) is 59.1 Å². The Bertz CT molecular complexity index is 1070. The molecule has 2 heterocycles. The molecule has 2 aromatic carbocycles. The lowest BCUT2D eigenvalue weighted by molar-refractivity contribution is 0.0706. The number of aromatic nitrogens is 3. The summed E-state index contributed by atoms with van der Waals surface area (Å²) in [5.41, 5.74) is 5.76. The molecule has 4 rings (SSSR count). The average Bonchev–Trinajstić information content (AvgIpc) is 3.20. The smallest absolute Gasteiger partial charge is 0.274 e. The van der Waals surface area contributed by atoms with Crippen molar-refractivity contribution in [1.82, 2.24) is 20.1 Å². The SMILES string of the molecule is O=C(NO)c1ccc(CNc2cc(-c3ccccc3)n3nccc3n2)cc1. The molecule has 0 bridgehead atoms. The maximum absolute atomic E-state index is 11.4. The van der Waals surface area contributed by atoms with Gasteiger partial charge in [0.05, 0.1) is 11.9 Å². The van der Waals surface area contributed by atoms with E-state index in [-0.39, 0.29) is 0 Å². The van der Waals surface area contributed by atoms with Crippen LogP contribution in [0.5, 0.6) is 0 Å². The Labute approximate surface area is 155 Å². The molecule has 1 amide bonds. The molecule has 0 fully saturated rings. The van der Waals surface area contributed by atoms with Crippen LogP contribution in [0.3, 0.4) is 0 Å². The molecule has 0 spiro atoms. The van der Waals surface area contributed by atoms with Crippen LogP contribution >= 0.6 is 0 Å². The van der Waals surface area contributed by atoms with E-state index in [1.54, 1.807) is 23.8 Å². The predicted molar refractivity (Wildman–Crippen MR) is 101 cm³/mol. The topological polar surface area (TPSA) is 91.5 Å². The molecule has 3 N–H and O–H groups in total. The van der Waals surface area contributed by atoms with Gasteiger partial charge >= 0.3 is 0 Å². The molecule has 0 aliphatic heterocycles. The second kappa shape index (κ2) is 7.27. The highest BCUT2D eigenvalue weighted by atomic mass is 16.5. The highest BCUT2D eigenvalue weighted by Gasteiger charge is 2.09. The number of fused-ring (bicyclic) bond motifs is 1. The van der Waals surface area contributed by atoms with Crippen molar-refractivity contribution in [1.29, 1.82) is 0 Å². The maximum Gasteiger partial charge on any atom is 0.274 e. The van der Waals surface area contributed by atoms with E-state index in [9.17, 15) is 4.79 Å². The van der Waals surface area contributed by atoms with E-state index in [0.717, 1.165) is 28.3 Å². The summed E-state index contributed by atoms with van der Waals surface area (Å²) in [6.45, 7) is 0.548. The van der Waals surface area contributed by atoms with E-state index in [2.05, 4.69) is 15.4 Å². The standard InChI is InChI=1S/C20H17N5O2/c26-20(24-27)16-8-6-14(7-9-16)13-21-18-12-17(15-4-2-1-3-5-15)25-19(23-18)10-11-22-25/h1-12,27H,13H2,(H,21,23)(H,24,26). The first-order chi connectivity index (χ1) is 13.2. The van der Waals surface area contributed by atoms with Gasteiger partial charge in [0, 0.05) is 29.8 Å². The fraction of sp³-hybridized carbons (Fsp3) is 0.0500. The van der Waals surface area contributed by atoms with E-state index in [0.29, 0.717) is 12.1 Å². The first-order valence-corrected chi connectivity index (χ1v) is 8.42. The van der Waals surface area contributed by atoms with Crippen molar-refractivity contribution in [2.75, 3.05) is 5.32 Å². The lowest BCUT2D eigenvalue weighted by Gasteiger charge is -2.10. The maximum atomic E-state index is 11.4. The van der Waals surface area contributed by atoms with E-state index < -0.39 is 5.91 Å². The summed E-state index contributed by atoms with van der Waals surface area (Å²) >= 11 is 0. The zero-order valence-electron chi connectivity index (χ0n) is 14.3. The minimum atomic E-state index is -0.533. The number of carbonyl (C=O) groups is 1.